The van der Waals surface area contributed by atoms with E-state index in [2.05, 4.69) is 62.4 Å². The van der Waals surface area contributed by atoms with Crippen molar-refractivity contribution in [3.63, 3.8) is 0 Å². The molecule has 0 bridgehead atoms. The summed E-state index contributed by atoms with van der Waals surface area (Å²) in [6, 6.07) is 9.30. The van der Waals surface area contributed by atoms with E-state index in [0.717, 1.165) is 43.3 Å². The minimum absolute atomic E-state index is 0.738. The lowest BCUT2D eigenvalue weighted by molar-refractivity contribution is 0.125. The molecule has 0 aromatic heterocycles. The van der Waals surface area contributed by atoms with Crippen molar-refractivity contribution in [2.75, 3.05) is 6.61 Å². The molecule has 1 nitrogen and oxygen atoms in total. The Bertz CT molecular complexity index is 625. The molecular formula is C29H44O. The van der Waals surface area contributed by atoms with Gasteiger partial charge >= 0.3 is 0 Å². The zero-order chi connectivity index (χ0) is 21.0. The lowest BCUT2D eigenvalue weighted by Gasteiger charge is -2.38. The van der Waals surface area contributed by atoms with Crippen LogP contribution < -0.4 is 0 Å². The Hall–Kier alpha value is -1.34. The lowest BCUT2D eigenvalue weighted by atomic mass is 9.68. The molecule has 0 amide bonds. The Morgan fingerprint density at radius 3 is 2.00 bits per heavy atom. The number of rotatable bonds is 10. The maximum Gasteiger partial charge on any atom is 0.0717 e. The maximum atomic E-state index is 5.77. The molecule has 0 radical (unpaired) electrons. The molecule has 0 atom stereocenters. The molecule has 1 aromatic carbocycles. The summed E-state index contributed by atoms with van der Waals surface area (Å²) in [5.41, 5.74) is 2.86. The van der Waals surface area contributed by atoms with Gasteiger partial charge in [0, 0.05) is 0 Å². The maximum absolute atomic E-state index is 5.77. The third kappa shape index (κ3) is 7.41. The predicted octanol–water partition coefficient (Wildman–Crippen LogP) is 8.61. The minimum Gasteiger partial charge on any atom is -0.376 e. The van der Waals surface area contributed by atoms with Crippen molar-refractivity contribution in [1.82, 2.24) is 0 Å². The highest BCUT2D eigenvalue weighted by molar-refractivity contribution is 5.25. The van der Waals surface area contributed by atoms with Gasteiger partial charge in [0.05, 0.1) is 13.2 Å². The van der Waals surface area contributed by atoms with Crippen molar-refractivity contribution >= 4 is 0 Å². The monoisotopic (exact) mass is 408 g/mol. The van der Waals surface area contributed by atoms with Gasteiger partial charge in [0.2, 0.25) is 0 Å². The summed E-state index contributed by atoms with van der Waals surface area (Å²) in [5.74, 6) is 3.80. The molecule has 30 heavy (non-hydrogen) atoms. The molecule has 1 heteroatoms. The molecule has 0 unspecified atom stereocenters. The Kier molecular flexibility index (Phi) is 10.2. The van der Waals surface area contributed by atoms with Gasteiger partial charge in [-0.15, -0.1) is 0 Å². The third-order valence-electron chi connectivity index (χ3n) is 7.69. The predicted molar refractivity (Wildman–Crippen MR) is 130 cm³/mol. The van der Waals surface area contributed by atoms with E-state index in [0.29, 0.717) is 0 Å². The van der Waals surface area contributed by atoms with Crippen LogP contribution in [-0.4, -0.2) is 6.61 Å². The molecule has 1 aromatic rings. The number of hydrogen-bond donors (Lipinski definition) is 0. The van der Waals surface area contributed by atoms with Crippen molar-refractivity contribution in [3.05, 3.63) is 59.7 Å². The van der Waals surface area contributed by atoms with Gasteiger partial charge in [-0.2, -0.15) is 0 Å². The molecule has 0 aliphatic heterocycles. The molecule has 0 heterocycles. The number of ether oxygens (including phenoxy) is 1. The van der Waals surface area contributed by atoms with Crippen LogP contribution in [-0.2, 0) is 11.3 Å². The Balaban J connectivity index is 1.36. The summed E-state index contributed by atoms with van der Waals surface area (Å²) in [6.45, 7) is 5.75. The quantitative estimate of drug-likeness (QED) is 0.278. The van der Waals surface area contributed by atoms with Crippen molar-refractivity contribution in [2.45, 2.75) is 97.0 Å². The highest BCUT2D eigenvalue weighted by Gasteiger charge is 2.31. The van der Waals surface area contributed by atoms with Gasteiger partial charge in [-0.1, -0.05) is 61.4 Å². The van der Waals surface area contributed by atoms with Gasteiger partial charge in [0.15, 0.2) is 0 Å². The molecule has 0 N–H and O–H groups in total. The first-order valence-electron chi connectivity index (χ1n) is 12.7. The fraction of sp³-hybridized carbons (Fsp3) is 0.655. The van der Waals surface area contributed by atoms with Gasteiger partial charge in [-0.25, -0.2) is 0 Å². The number of benzene rings is 1. The molecule has 0 spiro atoms. The van der Waals surface area contributed by atoms with E-state index in [9.17, 15) is 0 Å². The van der Waals surface area contributed by atoms with Gasteiger partial charge in [0.25, 0.3) is 0 Å². The molecule has 3 rings (SSSR count). The van der Waals surface area contributed by atoms with Crippen LogP contribution in [0.4, 0.5) is 0 Å². The fourth-order valence-electron chi connectivity index (χ4n) is 5.76. The van der Waals surface area contributed by atoms with E-state index in [1.807, 2.05) is 0 Å². The van der Waals surface area contributed by atoms with E-state index >= 15 is 0 Å². The highest BCUT2D eigenvalue weighted by atomic mass is 16.5. The Morgan fingerprint density at radius 2 is 1.37 bits per heavy atom. The van der Waals surface area contributed by atoms with E-state index in [1.54, 1.807) is 5.56 Å². The first-order chi connectivity index (χ1) is 14.8. The van der Waals surface area contributed by atoms with Crippen LogP contribution in [0.25, 0.3) is 0 Å². The Labute approximate surface area is 186 Å². The molecule has 2 saturated carbocycles. The van der Waals surface area contributed by atoms with Crippen LogP contribution in [0, 0.1) is 17.8 Å². The van der Waals surface area contributed by atoms with E-state index in [4.69, 9.17) is 4.74 Å². The van der Waals surface area contributed by atoms with Crippen LogP contribution in [0.1, 0.15) is 102 Å². The first-order valence-corrected chi connectivity index (χ1v) is 12.7. The molecule has 2 aliphatic carbocycles. The van der Waals surface area contributed by atoms with Crippen LogP contribution in [0.3, 0.4) is 0 Å². The topological polar surface area (TPSA) is 9.23 Å². The van der Waals surface area contributed by atoms with Crippen molar-refractivity contribution in [3.8, 4) is 0 Å². The molecular weight excluding hydrogens is 364 g/mol. The minimum atomic E-state index is 0.738. The first kappa shape index (κ1) is 23.3. The number of allylic oxidation sites excluding steroid dienone is 3. The second-order valence-electron chi connectivity index (χ2n) is 9.69. The third-order valence-corrected chi connectivity index (χ3v) is 7.69. The molecule has 2 fully saturated rings. The van der Waals surface area contributed by atoms with Gasteiger partial charge in [-0.3, -0.25) is 0 Å². The fourth-order valence-corrected chi connectivity index (χ4v) is 5.76. The molecule has 2 aliphatic rings. The lowest BCUT2D eigenvalue weighted by Crippen LogP contribution is -2.25. The van der Waals surface area contributed by atoms with Crippen molar-refractivity contribution < 1.29 is 4.74 Å². The van der Waals surface area contributed by atoms with E-state index in [-0.39, 0.29) is 0 Å². The standard InChI is InChI=1S/C29H44O/c1-3-5-7-9-24-10-14-26(15-11-24)28-18-20-29(21-19-28)27-16-12-25(13-17-27)23-30-22-8-6-4-2/h3-6,12-13,16-17,24,26,28-29H,7-11,14-15,18-23H2,1-2H3/b5-3+,6-4+/t24-,26-,28?,29?. The summed E-state index contributed by atoms with van der Waals surface area (Å²) < 4.78 is 5.77. The average molecular weight is 409 g/mol. The second kappa shape index (κ2) is 13.2. The summed E-state index contributed by atoms with van der Waals surface area (Å²) in [5, 5.41) is 0. The van der Waals surface area contributed by atoms with E-state index in [1.165, 1.54) is 69.8 Å². The smallest absolute Gasteiger partial charge is 0.0717 e. The molecule has 0 saturated heterocycles. The van der Waals surface area contributed by atoms with Crippen molar-refractivity contribution in [1.29, 1.82) is 0 Å². The van der Waals surface area contributed by atoms with Gasteiger partial charge < -0.3 is 4.74 Å². The van der Waals surface area contributed by atoms with Gasteiger partial charge in [-0.05, 0) is 106 Å². The summed E-state index contributed by atoms with van der Waals surface area (Å²) in [7, 11) is 0. The zero-order valence-electron chi connectivity index (χ0n) is 19.5. The SMILES string of the molecule is C/C=C/CCOCc1ccc(C2CCC([C@H]3CC[C@H](CC/C=C/C)CC3)CC2)cc1. The zero-order valence-corrected chi connectivity index (χ0v) is 19.5. The van der Waals surface area contributed by atoms with Crippen LogP contribution in [0.5, 0.6) is 0 Å². The van der Waals surface area contributed by atoms with Crippen LogP contribution in [0.15, 0.2) is 48.6 Å². The van der Waals surface area contributed by atoms with Crippen LogP contribution >= 0.6 is 0 Å². The molecule has 166 valence electrons. The normalized spacial score (nSPS) is 27.8. The summed E-state index contributed by atoms with van der Waals surface area (Å²) >= 11 is 0. The average Bonchev–Trinajstić information content (AvgIpc) is 2.80. The Morgan fingerprint density at radius 1 is 0.767 bits per heavy atom. The summed E-state index contributed by atoms with van der Waals surface area (Å²) in [4.78, 5) is 0. The summed E-state index contributed by atoms with van der Waals surface area (Å²) in [6.07, 6.45) is 24.2. The highest BCUT2D eigenvalue weighted by Crippen LogP contribution is 2.44. The van der Waals surface area contributed by atoms with Crippen LogP contribution in [0.2, 0.25) is 0 Å². The largest absolute Gasteiger partial charge is 0.376 e. The van der Waals surface area contributed by atoms with Gasteiger partial charge in [0.1, 0.15) is 0 Å². The second-order valence-corrected chi connectivity index (χ2v) is 9.69. The van der Waals surface area contributed by atoms with E-state index < -0.39 is 0 Å². The van der Waals surface area contributed by atoms with Crippen molar-refractivity contribution in [2.24, 2.45) is 17.8 Å². The number of hydrogen-bond acceptors (Lipinski definition) is 1.